The third kappa shape index (κ3) is 4.44. The molecular formula is C14H29N3O2. The van der Waals surface area contributed by atoms with Crippen molar-refractivity contribution >= 4 is 5.97 Å². The van der Waals surface area contributed by atoms with Crippen molar-refractivity contribution in [1.82, 2.24) is 15.1 Å². The van der Waals surface area contributed by atoms with Gasteiger partial charge in [-0.05, 0) is 33.9 Å². The van der Waals surface area contributed by atoms with Gasteiger partial charge in [-0.2, -0.15) is 0 Å². The van der Waals surface area contributed by atoms with E-state index in [9.17, 15) is 4.79 Å². The van der Waals surface area contributed by atoms with Crippen molar-refractivity contribution in [3.63, 3.8) is 0 Å². The summed E-state index contributed by atoms with van der Waals surface area (Å²) >= 11 is 0. The maximum atomic E-state index is 11.9. The first kappa shape index (κ1) is 16.4. The summed E-state index contributed by atoms with van der Waals surface area (Å²) in [5.74, 6) is -0.170. The van der Waals surface area contributed by atoms with Crippen LogP contribution in [-0.4, -0.2) is 74.2 Å². The number of nitrogens with zero attached hydrogens (tertiary/aromatic N) is 2. The standard InChI is InChI=1S/C14H29N3O2/c1-6-15-14(3,13(18)19-5)7-8-17-10-9-16(4)12(2)11-17/h12,15H,6-11H2,1-5H3. The summed E-state index contributed by atoms with van der Waals surface area (Å²) in [6.45, 7) is 11.1. The van der Waals surface area contributed by atoms with Gasteiger partial charge >= 0.3 is 5.97 Å². The van der Waals surface area contributed by atoms with Gasteiger partial charge in [-0.25, -0.2) is 0 Å². The molecule has 1 heterocycles. The molecule has 0 aromatic carbocycles. The molecule has 1 rings (SSSR count). The Hall–Kier alpha value is -0.650. The molecule has 1 saturated heterocycles. The Morgan fingerprint density at radius 2 is 2.16 bits per heavy atom. The summed E-state index contributed by atoms with van der Waals surface area (Å²) in [4.78, 5) is 16.7. The molecule has 112 valence electrons. The van der Waals surface area contributed by atoms with Crippen molar-refractivity contribution in [1.29, 1.82) is 0 Å². The third-order valence-electron chi connectivity index (χ3n) is 4.17. The van der Waals surface area contributed by atoms with E-state index in [4.69, 9.17) is 4.74 Å². The highest BCUT2D eigenvalue weighted by Crippen LogP contribution is 2.15. The molecule has 0 saturated carbocycles. The zero-order chi connectivity index (χ0) is 14.5. The van der Waals surface area contributed by atoms with E-state index in [0.717, 1.165) is 39.1 Å². The van der Waals surface area contributed by atoms with Gasteiger partial charge in [0.05, 0.1) is 7.11 Å². The lowest BCUT2D eigenvalue weighted by atomic mass is 9.97. The van der Waals surface area contributed by atoms with E-state index in [1.165, 1.54) is 7.11 Å². The van der Waals surface area contributed by atoms with Crippen LogP contribution in [0, 0.1) is 0 Å². The van der Waals surface area contributed by atoms with E-state index >= 15 is 0 Å². The van der Waals surface area contributed by atoms with Crippen molar-refractivity contribution < 1.29 is 9.53 Å². The van der Waals surface area contributed by atoms with Crippen LogP contribution in [-0.2, 0) is 9.53 Å². The summed E-state index contributed by atoms with van der Waals surface area (Å²) < 4.78 is 4.92. The molecule has 0 aromatic heterocycles. The number of methoxy groups -OCH3 is 1. The molecule has 1 aliphatic rings. The highest BCUT2D eigenvalue weighted by Gasteiger charge is 2.34. The number of likely N-dealkylation sites (N-methyl/N-ethyl adjacent to an activating group) is 2. The summed E-state index contributed by atoms with van der Waals surface area (Å²) in [7, 11) is 3.62. The second-order valence-corrected chi connectivity index (χ2v) is 5.73. The van der Waals surface area contributed by atoms with E-state index < -0.39 is 5.54 Å². The van der Waals surface area contributed by atoms with Crippen molar-refractivity contribution in [3.05, 3.63) is 0 Å². The molecule has 1 fully saturated rings. The van der Waals surface area contributed by atoms with Crippen molar-refractivity contribution in [2.45, 2.75) is 38.8 Å². The van der Waals surface area contributed by atoms with Gasteiger partial charge in [0.1, 0.15) is 5.54 Å². The molecule has 1 N–H and O–H groups in total. The van der Waals surface area contributed by atoms with Crippen LogP contribution in [0.15, 0.2) is 0 Å². The minimum absolute atomic E-state index is 0.170. The van der Waals surface area contributed by atoms with Gasteiger partial charge in [-0.1, -0.05) is 6.92 Å². The minimum Gasteiger partial charge on any atom is -0.468 e. The first-order valence-electron chi connectivity index (χ1n) is 7.19. The van der Waals surface area contributed by atoms with E-state index in [-0.39, 0.29) is 5.97 Å². The van der Waals surface area contributed by atoms with Crippen LogP contribution in [0.2, 0.25) is 0 Å². The minimum atomic E-state index is -0.573. The molecule has 1 aliphatic heterocycles. The Labute approximate surface area is 117 Å². The number of ether oxygens (including phenoxy) is 1. The van der Waals surface area contributed by atoms with Gasteiger partial charge in [0, 0.05) is 32.2 Å². The van der Waals surface area contributed by atoms with E-state index in [1.807, 2.05) is 13.8 Å². The summed E-state index contributed by atoms with van der Waals surface area (Å²) in [5.41, 5.74) is -0.573. The molecule has 19 heavy (non-hydrogen) atoms. The number of hydrogen-bond donors (Lipinski definition) is 1. The maximum absolute atomic E-state index is 11.9. The van der Waals surface area contributed by atoms with Crippen LogP contribution in [0.25, 0.3) is 0 Å². The average molecular weight is 271 g/mol. The quantitative estimate of drug-likeness (QED) is 0.715. The second-order valence-electron chi connectivity index (χ2n) is 5.73. The average Bonchev–Trinajstić information content (AvgIpc) is 2.39. The third-order valence-corrected chi connectivity index (χ3v) is 4.17. The largest absolute Gasteiger partial charge is 0.468 e. The topological polar surface area (TPSA) is 44.8 Å². The Morgan fingerprint density at radius 3 is 2.68 bits per heavy atom. The Bertz CT molecular complexity index is 298. The first-order chi connectivity index (χ1) is 8.92. The normalized spacial score (nSPS) is 25.0. The van der Waals surface area contributed by atoms with Gasteiger partial charge in [-0.15, -0.1) is 0 Å². The monoisotopic (exact) mass is 271 g/mol. The molecule has 0 radical (unpaired) electrons. The van der Waals surface area contributed by atoms with Crippen LogP contribution in [0.4, 0.5) is 0 Å². The lowest BCUT2D eigenvalue weighted by molar-refractivity contribution is -0.148. The molecule has 2 unspecified atom stereocenters. The molecule has 0 aliphatic carbocycles. The SMILES string of the molecule is CCNC(C)(CCN1CCN(C)C(C)C1)C(=O)OC. The molecule has 0 spiro atoms. The van der Waals surface area contributed by atoms with Gasteiger partial charge in [-0.3, -0.25) is 4.79 Å². The van der Waals surface area contributed by atoms with Crippen LogP contribution < -0.4 is 5.32 Å². The van der Waals surface area contributed by atoms with Crippen LogP contribution in [0.3, 0.4) is 0 Å². The fourth-order valence-corrected chi connectivity index (χ4v) is 2.59. The van der Waals surface area contributed by atoms with Gasteiger partial charge in [0.25, 0.3) is 0 Å². The summed E-state index contributed by atoms with van der Waals surface area (Å²) in [6, 6.07) is 0.581. The Balaban J connectivity index is 2.50. The number of carbonyl (C=O) groups is 1. The molecule has 0 amide bonds. The molecule has 2 atom stereocenters. The number of rotatable bonds is 6. The predicted molar refractivity (Wildman–Crippen MR) is 77.2 cm³/mol. The van der Waals surface area contributed by atoms with Crippen molar-refractivity contribution in [2.24, 2.45) is 0 Å². The molecular weight excluding hydrogens is 242 g/mol. The number of nitrogens with one attached hydrogen (secondary N) is 1. The van der Waals surface area contributed by atoms with E-state index in [0.29, 0.717) is 6.04 Å². The molecule has 5 heteroatoms. The first-order valence-corrected chi connectivity index (χ1v) is 7.19. The summed E-state index contributed by atoms with van der Waals surface area (Å²) in [5, 5.41) is 3.26. The smallest absolute Gasteiger partial charge is 0.325 e. The second kappa shape index (κ2) is 7.22. The molecule has 5 nitrogen and oxygen atoms in total. The predicted octanol–water partition coefficient (Wildman–Crippen LogP) is 0.554. The van der Waals surface area contributed by atoms with Gasteiger partial charge in [0.2, 0.25) is 0 Å². The zero-order valence-electron chi connectivity index (χ0n) is 13.0. The lowest BCUT2D eigenvalue weighted by Gasteiger charge is -2.39. The van der Waals surface area contributed by atoms with Crippen LogP contribution in [0.1, 0.15) is 27.2 Å². The Kier molecular flexibility index (Phi) is 6.23. The number of piperazine rings is 1. The van der Waals surface area contributed by atoms with E-state index in [2.05, 4.69) is 29.1 Å². The zero-order valence-corrected chi connectivity index (χ0v) is 13.0. The van der Waals surface area contributed by atoms with Gasteiger partial charge in [0.15, 0.2) is 0 Å². The van der Waals surface area contributed by atoms with Crippen LogP contribution in [0.5, 0.6) is 0 Å². The number of hydrogen-bond acceptors (Lipinski definition) is 5. The van der Waals surface area contributed by atoms with E-state index in [1.54, 1.807) is 0 Å². The fourth-order valence-electron chi connectivity index (χ4n) is 2.59. The van der Waals surface area contributed by atoms with Crippen molar-refractivity contribution in [3.8, 4) is 0 Å². The lowest BCUT2D eigenvalue weighted by Crippen LogP contribution is -2.54. The fraction of sp³-hybridized carbons (Fsp3) is 0.929. The molecule has 0 bridgehead atoms. The molecule has 0 aromatic rings. The van der Waals surface area contributed by atoms with Crippen molar-refractivity contribution in [2.75, 3.05) is 46.9 Å². The Morgan fingerprint density at radius 1 is 1.47 bits per heavy atom. The van der Waals surface area contributed by atoms with Gasteiger partial charge < -0.3 is 19.9 Å². The summed E-state index contributed by atoms with van der Waals surface area (Å²) in [6.07, 6.45) is 0.782. The maximum Gasteiger partial charge on any atom is 0.325 e. The number of carbonyl (C=O) groups excluding carboxylic acids is 1. The highest BCUT2D eigenvalue weighted by molar-refractivity contribution is 5.80. The van der Waals surface area contributed by atoms with Crippen LogP contribution >= 0.6 is 0 Å². The highest BCUT2D eigenvalue weighted by atomic mass is 16.5. The number of esters is 1.